The van der Waals surface area contributed by atoms with E-state index >= 15 is 0 Å². The lowest BCUT2D eigenvalue weighted by molar-refractivity contribution is -0.120. The molecule has 2 aromatic carbocycles. The van der Waals surface area contributed by atoms with Crippen LogP contribution in [0.25, 0.3) is 0 Å². The van der Waals surface area contributed by atoms with Crippen LogP contribution in [-0.4, -0.2) is 38.3 Å². The minimum absolute atomic E-state index is 0.0583. The molecule has 3 rings (SSSR count). The van der Waals surface area contributed by atoms with Crippen molar-refractivity contribution in [2.24, 2.45) is 5.92 Å². The van der Waals surface area contributed by atoms with E-state index in [-0.39, 0.29) is 35.6 Å². The fourth-order valence-electron chi connectivity index (χ4n) is 3.25. The minimum atomic E-state index is -3.77. The standard InChI is InChI=1S/C20H22BrClN2O4S/c1-2-28-18-8-7-15(22)13-19(18)29(26,27)24-11-9-14(10-12-24)20(25)23-17-6-4-3-5-16(17)21/h3-8,13-14H,2,9-12H2,1H3,(H,23,25). The Morgan fingerprint density at radius 2 is 1.93 bits per heavy atom. The van der Waals surface area contributed by atoms with Crippen LogP contribution in [0.1, 0.15) is 19.8 Å². The van der Waals surface area contributed by atoms with Gasteiger partial charge in [-0.05, 0) is 66.0 Å². The summed E-state index contributed by atoms with van der Waals surface area (Å²) in [5.41, 5.74) is 0.702. The van der Waals surface area contributed by atoms with Crippen molar-refractivity contribution in [2.75, 3.05) is 25.0 Å². The molecule has 0 saturated carbocycles. The summed E-state index contributed by atoms with van der Waals surface area (Å²) in [6.07, 6.45) is 0.889. The summed E-state index contributed by atoms with van der Waals surface area (Å²) in [5, 5.41) is 3.24. The highest BCUT2D eigenvalue weighted by atomic mass is 79.9. The van der Waals surface area contributed by atoms with Crippen LogP contribution in [0.4, 0.5) is 5.69 Å². The van der Waals surface area contributed by atoms with Gasteiger partial charge in [0.15, 0.2) is 0 Å². The van der Waals surface area contributed by atoms with E-state index in [1.807, 2.05) is 24.3 Å². The van der Waals surface area contributed by atoms with E-state index < -0.39 is 10.0 Å². The number of rotatable bonds is 6. The number of nitrogens with zero attached hydrogens (tertiary/aromatic N) is 1. The van der Waals surface area contributed by atoms with Crippen molar-refractivity contribution >= 4 is 49.1 Å². The second kappa shape index (κ2) is 9.47. The Balaban J connectivity index is 1.69. The van der Waals surface area contributed by atoms with Crippen LogP contribution in [0, 0.1) is 5.92 Å². The Morgan fingerprint density at radius 3 is 2.59 bits per heavy atom. The molecular weight excluding hydrogens is 480 g/mol. The topological polar surface area (TPSA) is 75.7 Å². The van der Waals surface area contributed by atoms with Gasteiger partial charge in [-0.2, -0.15) is 4.31 Å². The molecular formula is C20H22BrClN2O4S. The lowest BCUT2D eigenvalue weighted by Crippen LogP contribution is -2.41. The summed E-state index contributed by atoms with van der Waals surface area (Å²) in [6, 6.07) is 12.0. The maximum Gasteiger partial charge on any atom is 0.246 e. The number of hydrogen-bond acceptors (Lipinski definition) is 4. The number of piperidine rings is 1. The molecule has 2 aromatic rings. The molecule has 1 aliphatic heterocycles. The van der Waals surface area contributed by atoms with Crippen LogP contribution in [0.2, 0.25) is 5.02 Å². The molecule has 0 aliphatic carbocycles. The zero-order valence-corrected chi connectivity index (χ0v) is 19.1. The smallest absolute Gasteiger partial charge is 0.246 e. The molecule has 9 heteroatoms. The molecule has 0 aromatic heterocycles. The lowest BCUT2D eigenvalue weighted by atomic mass is 9.97. The summed E-state index contributed by atoms with van der Waals surface area (Å²) in [4.78, 5) is 12.7. The van der Waals surface area contributed by atoms with Gasteiger partial charge in [0.1, 0.15) is 10.6 Å². The van der Waals surface area contributed by atoms with Gasteiger partial charge in [0, 0.05) is 28.5 Å². The molecule has 6 nitrogen and oxygen atoms in total. The van der Waals surface area contributed by atoms with Crippen LogP contribution < -0.4 is 10.1 Å². The van der Waals surface area contributed by atoms with Crippen molar-refractivity contribution in [3.63, 3.8) is 0 Å². The first-order valence-corrected chi connectivity index (χ1v) is 11.9. The number of carbonyl (C=O) groups excluding carboxylic acids is 1. The first-order chi connectivity index (χ1) is 13.8. The van der Waals surface area contributed by atoms with Gasteiger partial charge < -0.3 is 10.1 Å². The molecule has 0 spiro atoms. The van der Waals surface area contributed by atoms with E-state index in [9.17, 15) is 13.2 Å². The summed E-state index contributed by atoms with van der Waals surface area (Å²) in [7, 11) is -3.77. The Kier molecular flexibility index (Phi) is 7.21. The Labute approximate surface area is 184 Å². The molecule has 0 radical (unpaired) electrons. The zero-order chi connectivity index (χ0) is 21.0. The highest BCUT2D eigenvalue weighted by Crippen LogP contribution is 2.32. The van der Waals surface area contributed by atoms with E-state index in [1.54, 1.807) is 19.1 Å². The maximum absolute atomic E-state index is 13.1. The molecule has 156 valence electrons. The quantitative estimate of drug-likeness (QED) is 0.630. The monoisotopic (exact) mass is 500 g/mol. The normalized spacial score (nSPS) is 15.8. The third kappa shape index (κ3) is 5.12. The first-order valence-electron chi connectivity index (χ1n) is 9.31. The van der Waals surface area contributed by atoms with Gasteiger partial charge in [0.2, 0.25) is 15.9 Å². The number of benzene rings is 2. The van der Waals surface area contributed by atoms with Gasteiger partial charge in [-0.3, -0.25) is 4.79 Å². The van der Waals surface area contributed by atoms with Gasteiger partial charge in [0.05, 0.1) is 12.3 Å². The van der Waals surface area contributed by atoms with E-state index in [4.69, 9.17) is 16.3 Å². The first kappa shape index (κ1) is 22.1. The predicted molar refractivity (Wildman–Crippen MR) is 117 cm³/mol. The number of nitrogens with one attached hydrogen (secondary N) is 1. The molecule has 0 bridgehead atoms. The molecule has 1 heterocycles. The average molecular weight is 502 g/mol. The Bertz CT molecular complexity index is 992. The number of carbonyl (C=O) groups is 1. The van der Waals surface area contributed by atoms with Crippen LogP contribution in [0.5, 0.6) is 5.75 Å². The molecule has 1 aliphatic rings. The highest BCUT2D eigenvalue weighted by molar-refractivity contribution is 9.10. The Hall–Kier alpha value is -1.61. The molecule has 0 atom stereocenters. The summed E-state index contributed by atoms with van der Waals surface area (Å²) in [5.74, 6) is -0.0725. The number of halogens is 2. The van der Waals surface area contributed by atoms with Crippen molar-refractivity contribution in [1.82, 2.24) is 4.31 Å². The van der Waals surface area contributed by atoms with E-state index in [0.717, 1.165) is 4.47 Å². The van der Waals surface area contributed by atoms with E-state index in [2.05, 4.69) is 21.2 Å². The predicted octanol–water partition coefficient (Wildman–Crippen LogP) is 4.54. The lowest BCUT2D eigenvalue weighted by Gasteiger charge is -2.31. The molecule has 29 heavy (non-hydrogen) atoms. The van der Waals surface area contributed by atoms with Crippen LogP contribution in [-0.2, 0) is 14.8 Å². The maximum atomic E-state index is 13.1. The van der Waals surface area contributed by atoms with E-state index in [0.29, 0.717) is 30.2 Å². The molecule has 1 fully saturated rings. The van der Waals surface area contributed by atoms with Crippen LogP contribution >= 0.6 is 27.5 Å². The van der Waals surface area contributed by atoms with Gasteiger partial charge in [0.25, 0.3) is 0 Å². The minimum Gasteiger partial charge on any atom is -0.492 e. The fourth-order valence-corrected chi connectivity index (χ4v) is 5.50. The summed E-state index contributed by atoms with van der Waals surface area (Å²) in [6.45, 7) is 2.66. The number of ether oxygens (including phenoxy) is 1. The second-order valence-electron chi connectivity index (χ2n) is 6.67. The van der Waals surface area contributed by atoms with Gasteiger partial charge >= 0.3 is 0 Å². The highest BCUT2D eigenvalue weighted by Gasteiger charge is 2.34. The van der Waals surface area contributed by atoms with Crippen LogP contribution in [0.3, 0.4) is 0 Å². The molecule has 1 N–H and O–H groups in total. The van der Waals surface area contributed by atoms with Crippen molar-refractivity contribution in [3.8, 4) is 5.75 Å². The average Bonchev–Trinajstić information content (AvgIpc) is 2.71. The largest absolute Gasteiger partial charge is 0.492 e. The number of para-hydroxylation sites is 1. The van der Waals surface area contributed by atoms with Gasteiger partial charge in [-0.25, -0.2) is 8.42 Å². The van der Waals surface area contributed by atoms with Gasteiger partial charge in [-0.1, -0.05) is 23.7 Å². The second-order valence-corrected chi connectivity index (χ2v) is 9.87. The molecule has 1 amide bonds. The molecule has 1 saturated heterocycles. The number of hydrogen-bond donors (Lipinski definition) is 1. The van der Waals surface area contributed by atoms with Crippen LogP contribution in [0.15, 0.2) is 51.8 Å². The van der Waals surface area contributed by atoms with Gasteiger partial charge in [-0.15, -0.1) is 0 Å². The summed E-state index contributed by atoms with van der Waals surface area (Å²) >= 11 is 9.43. The zero-order valence-electron chi connectivity index (χ0n) is 15.9. The fraction of sp³-hybridized carbons (Fsp3) is 0.350. The third-order valence-corrected chi connectivity index (χ3v) is 7.63. The SMILES string of the molecule is CCOc1ccc(Cl)cc1S(=O)(=O)N1CCC(C(=O)Nc2ccccc2Br)CC1. The van der Waals surface area contributed by atoms with E-state index in [1.165, 1.54) is 10.4 Å². The summed E-state index contributed by atoms with van der Waals surface area (Å²) < 4.78 is 33.9. The molecule has 0 unspecified atom stereocenters. The number of sulfonamides is 1. The third-order valence-electron chi connectivity index (χ3n) is 4.78. The Morgan fingerprint density at radius 1 is 1.24 bits per heavy atom. The van der Waals surface area contributed by atoms with Crippen molar-refractivity contribution in [3.05, 3.63) is 52.0 Å². The van der Waals surface area contributed by atoms with Crippen molar-refractivity contribution in [1.29, 1.82) is 0 Å². The van der Waals surface area contributed by atoms with Crippen molar-refractivity contribution < 1.29 is 17.9 Å². The van der Waals surface area contributed by atoms with Crippen molar-refractivity contribution in [2.45, 2.75) is 24.7 Å². The number of amides is 1. The number of anilines is 1.